The molecule has 0 aromatic carbocycles. The maximum absolute atomic E-state index is 11.3. The van der Waals surface area contributed by atoms with E-state index in [4.69, 9.17) is 23.5 Å². The van der Waals surface area contributed by atoms with E-state index < -0.39 is 78.2 Å². The minimum atomic E-state index is -4.88. The molecule has 168 valence electrons. The fourth-order valence-electron chi connectivity index (χ4n) is 3.59. The summed E-state index contributed by atoms with van der Waals surface area (Å²) in [6, 6.07) is -2.66. The Kier molecular flexibility index (Phi) is 6.48. The first-order chi connectivity index (χ1) is 13.5. The monoisotopic (exact) mass is 444 g/mol. The van der Waals surface area contributed by atoms with Crippen molar-refractivity contribution in [2.75, 3.05) is 19.8 Å². The van der Waals surface area contributed by atoms with Gasteiger partial charge in [-0.1, -0.05) is 0 Å². The Labute approximate surface area is 165 Å². The summed E-state index contributed by atoms with van der Waals surface area (Å²) in [4.78, 5) is 4.07. The molecular formula is C14H24N2O12S. The van der Waals surface area contributed by atoms with Crippen molar-refractivity contribution in [2.24, 2.45) is 4.99 Å². The second kappa shape index (κ2) is 8.27. The molecule has 0 saturated carbocycles. The summed E-state index contributed by atoms with van der Waals surface area (Å²) in [6.45, 7) is -0.00647. The molecule has 0 spiro atoms. The highest BCUT2D eigenvalue weighted by Crippen LogP contribution is 2.37. The van der Waals surface area contributed by atoms with Crippen molar-refractivity contribution in [3.63, 3.8) is 0 Å². The van der Waals surface area contributed by atoms with Crippen LogP contribution in [-0.2, 0) is 29.3 Å². The van der Waals surface area contributed by atoms with Crippen LogP contribution < -0.4 is 4.72 Å². The topological polar surface area (TPSA) is 217 Å². The van der Waals surface area contributed by atoms with Gasteiger partial charge in [-0.05, 0) is 0 Å². The van der Waals surface area contributed by atoms with Gasteiger partial charge in [0.15, 0.2) is 18.3 Å². The number of aliphatic hydroxyl groups excluding tert-OH is 4. The minimum absolute atomic E-state index is 0.0995. The Balaban J connectivity index is 1.90. The summed E-state index contributed by atoms with van der Waals surface area (Å²) in [5.74, 6) is -1.98. The van der Waals surface area contributed by atoms with Crippen molar-refractivity contribution >= 4 is 16.2 Å². The van der Waals surface area contributed by atoms with Gasteiger partial charge in [-0.2, -0.15) is 13.1 Å². The normalized spacial score (nSPS) is 45.4. The van der Waals surface area contributed by atoms with E-state index in [1.165, 1.54) is 6.92 Å². The number of nitrogens with zero attached hydrogens (tertiary/aromatic N) is 1. The van der Waals surface area contributed by atoms with E-state index in [0.29, 0.717) is 0 Å². The van der Waals surface area contributed by atoms with Crippen LogP contribution in [0.3, 0.4) is 0 Å². The first kappa shape index (κ1) is 22.7. The number of rotatable bonds is 6. The van der Waals surface area contributed by atoms with Crippen LogP contribution in [0.5, 0.6) is 0 Å². The molecule has 0 aliphatic carbocycles. The predicted octanol–water partition coefficient (Wildman–Crippen LogP) is -4.53. The average Bonchev–Trinajstić information content (AvgIpc) is 2.94. The highest BCUT2D eigenvalue weighted by molar-refractivity contribution is 7.83. The number of aliphatic hydroxyl groups is 5. The van der Waals surface area contributed by atoms with Gasteiger partial charge >= 0.3 is 10.3 Å². The first-order valence-electron chi connectivity index (χ1n) is 8.71. The maximum Gasteiger partial charge on any atom is 0.333 e. The number of aliphatic imine (C=N–C) groups is 1. The van der Waals surface area contributed by atoms with Gasteiger partial charge in [0.25, 0.3) is 5.79 Å². The summed E-state index contributed by atoms with van der Waals surface area (Å²) in [5, 5.41) is 50.2. The zero-order valence-corrected chi connectivity index (χ0v) is 16.0. The number of ether oxygens (including phenoxy) is 4. The number of hydrogen-bond donors (Lipinski definition) is 7. The first-order valence-corrected chi connectivity index (χ1v) is 10.1. The summed E-state index contributed by atoms with van der Waals surface area (Å²) in [7, 11) is -4.88. The third-order valence-corrected chi connectivity index (χ3v) is 5.54. The van der Waals surface area contributed by atoms with Crippen molar-refractivity contribution in [1.82, 2.24) is 4.72 Å². The molecule has 2 fully saturated rings. The summed E-state index contributed by atoms with van der Waals surface area (Å²) >= 11 is 0. The molecule has 2 saturated heterocycles. The Morgan fingerprint density at radius 2 is 1.90 bits per heavy atom. The lowest BCUT2D eigenvalue weighted by molar-refractivity contribution is -0.351. The highest BCUT2D eigenvalue weighted by Gasteiger charge is 2.60. The lowest BCUT2D eigenvalue weighted by atomic mass is 9.93. The van der Waals surface area contributed by atoms with Crippen molar-refractivity contribution < 1.29 is 57.5 Å². The molecule has 0 amide bonds. The second-order valence-electron chi connectivity index (χ2n) is 6.95. The summed E-state index contributed by atoms with van der Waals surface area (Å²) < 4.78 is 55.1. The summed E-state index contributed by atoms with van der Waals surface area (Å²) in [5.41, 5.74) is 0. The maximum atomic E-state index is 11.3. The van der Waals surface area contributed by atoms with Crippen molar-refractivity contribution in [1.29, 1.82) is 0 Å². The van der Waals surface area contributed by atoms with E-state index in [-0.39, 0.29) is 12.5 Å². The Morgan fingerprint density at radius 3 is 2.48 bits per heavy atom. The molecule has 0 bridgehead atoms. The SMILES string of the molecule is CC1=N[C@H]2CO[C@H](CO)[C@@H](O[C@@H]3O[C@H](CO)[C@@H](O)[C@H](O)[C@H]3NS(=O)(=O)O)[C@@]2(O)O1. The predicted molar refractivity (Wildman–Crippen MR) is 90.9 cm³/mol. The molecule has 0 aromatic rings. The van der Waals surface area contributed by atoms with Gasteiger partial charge in [-0.25, -0.2) is 4.99 Å². The zero-order chi connectivity index (χ0) is 21.6. The lowest BCUT2D eigenvalue weighted by Crippen LogP contribution is -2.69. The van der Waals surface area contributed by atoms with Crippen LogP contribution in [-0.4, -0.2) is 119 Å². The minimum Gasteiger partial charge on any atom is -0.445 e. The van der Waals surface area contributed by atoms with Crippen molar-refractivity contribution in [2.45, 2.75) is 61.6 Å². The van der Waals surface area contributed by atoms with Gasteiger partial charge < -0.3 is 44.5 Å². The molecule has 14 nitrogen and oxygen atoms in total. The van der Waals surface area contributed by atoms with E-state index >= 15 is 0 Å². The van der Waals surface area contributed by atoms with Crippen molar-refractivity contribution in [3.05, 3.63) is 0 Å². The van der Waals surface area contributed by atoms with Gasteiger partial charge in [-0.15, -0.1) is 0 Å². The largest absolute Gasteiger partial charge is 0.445 e. The molecule has 0 radical (unpaired) electrons. The van der Waals surface area contributed by atoms with Gasteiger partial charge in [0, 0.05) is 6.92 Å². The van der Waals surface area contributed by atoms with E-state index in [9.17, 15) is 34.0 Å². The Hall–Kier alpha value is -0.980. The fourth-order valence-corrected chi connectivity index (χ4v) is 4.18. The standard InChI is InChI=1S/C14H24N2O12S/c1-5-15-8-4-25-7(3-18)12(14(8,21)28-5)27-13-9(16-29(22,23)24)11(20)10(19)6(2-17)26-13/h6-13,16-21H,2-4H2,1H3,(H,22,23,24)/t6-,7-,8+,9-,10-,11-,12-,13+,14+/m1/s1. The molecule has 3 aliphatic rings. The molecule has 7 N–H and O–H groups in total. The lowest BCUT2D eigenvalue weighted by Gasteiger charge is -2.47. The second-order valence-corrected chi connectivity index (χ2v) is 8.14. The van der Waals surface area contributed by atoms with Crippen LogP contribution in [0, 0.1) is 0 Å². The molecule has 0 unspecified atom stereocenters. The quantitative estimate of drug-likeness (QED) is 0.193. The zero-order valence-electron chi connectivity index (χ0n) is 15.2. The van der Waals surface area contributed by atoms with Crippen LogP contribution in [0.25, 0.3) is 0 Å². The smallest absolute Gasteiger partial charge is 0.333 e. The van der Waals surface area contributed by atoms with Crippen LogP contribution in [0.15, 0.2) is 4.99 Å². The van der Waals surface area contributed by atoms with E-state index in [1.807, 2.05) is 0 Å². The van der Waals surface area contributed by atoms with Crippen LogP contribution in [0.4, 0.5) is 0 Å². The van der Waals surface area contributed by atoms with Crippen LogP contribution >= 0.6 is 0 Å². The van der Waals surface area contributed by atoms with Crippen LogP contribution in [0.1, 0.15) is 6.92 Å². The van der Waals surface area contributed by atoms with Gasteiger partial charge in [0.05, 0.1) is 19.8 Å². The average molecular weight is 444 g/mol. The molecule has 9 atom stereocenters. The number of nitrogens with one attached hydrogen (secondary N) is 1. The van der Waals surface area contributed by atoms with E-state index in [2.05, 4.69) is 4.99 Å². The van der Waals surface area contributed by atoms with Gasteiger partial charge in [-0.3, -0.25) is 4.55 Å². The molecule has 29 heavy (non-hydrogen) atoms. The summed E-state index contributed by atoms with van der Waals surface area (Å²) in [6.07, 6.45) is -9.33. The Morgan fingerprint density at radius 1 is 1.24 bits per heavy atom. The van der Waals surface area contributed by atoms with Crippen LogP contribution in [0.2, 0.25) is 0 Å². The van der Waals surface area contributed by atoms with Crippen molar-refractivity contribution in [3.8, 4) is 0 Å². The van der Waals surface area contributed by atoms with Gasteiger partial charge in [0.1, 0.15) is 36.5 Å². The third kappa shape index (κ3) is 4.40. The fraction of sp³-hybridized carbons (Fsp3) is 0.929. The molecule has 3 aliphatic heterocycles. The van der Waals surface area contributed by atoms with E-state index in [1.54, 1.807) is 4.72 Å². The van der Waals surface area contributed by atoms with Gasteiger partial charge in [0.2, 0.25) is 0 Å². The molecular weight excluding hydrogens is 420 g/mol. The molecule has 0 aromatic heterocycles. The molecule has 3 heterocycles. The highest BCUT2D eigenvalue weighted by atomic mass is 32.2. The molecule has 3 rings (SSSR count). The number of hydrogen-bond acceptors (Lipinski definition) is 12. The molecule has 15 heteroatoms. The third-order valence-electron chi connectivity index (χ3n) is 4.97. The number of fused-ring (bicyclic) bond motifs is 1. The van der Waals surface area contributed by atoms with E-state index in [0.717, 1.165) is 0 Å². The Bertz CT molecular complexity index is 734.